The maximum Gasteiger partial charge on any atom is 0.160 e. The fourth-order valence-electron chi connectivity index (χ4n) is 2.39. The van der Waals surface area contributed by atoms with Gasteiger partial charge in [0.1, 0.15) is 5.01 Å². The molecule has 0 spiro atoms. The first-order valence-electron chi connectivity index (χ1n) is 7.70. The van der Waals surface area contributed by atoms with Gasteiger partial charge in [0.15, 0.2) is 11.5 Å². The third-order valence-electron chi connectivity index (χ3n) is 3.63. The number of nitrogens with zero attached hydrogens (tertiary/aromatic N) is 1. The molecule has 3 rings (SSSR count). The van der Waals surface area contributed by atoms with E-state index < -0.39 is 0 Å². The topological polar surface area (TPSA) is 43.4 Å². The Morgan fingerprint density at radius 2 is 1.96 bits per heavy atom. The molecule has 0 saturated carbocycles. The minimum atomic E-state index is 0.762. The van der Waals surface area contributed by atoms with Gasteiger partial charge in [-0.2, -0.15) is 0 Å². The third kappa shape index (κ3) is 4.14. The Morgan fingerprint density at radius 3 is 2.71 bits per heavy atom. The van der Waals surface area contributed by atoms with Gasteiger partial charge in [-0.05, 0) is 42.1 Å². The number of thiophene rings is 1. The van der Waals surface area contributed by atoms with Crippen molar-refractivity contribution in [2.75, 3.05) is 20.8 Å². The van der Waals surface area contributed by atoms with Crippen molar-refractivity contribution < 1.29 is 9.47 Å². The second-order valence-electron chi connectivity index (χ2n) is 5.21. The van der Waals surface area contributed by atoms with Crippen LogP contribution in [0.3, 0.4) is 0 Å². The molecule has 4 nitrogen and oxygen atoms in total. The summed E-state index contributed by atoms with van der Waals surface area (Å²) in [5.74, 6) is 1.54. The van der Waals surface area contributed by atoms with Crippen molar-refractivity contribution >= 4 is 22.7 Å². The highest BCUT2D eigenvalue weighted by Crippen LogP contribution is 2.30. The summed E-state index contributed by atoms with van der Waals surface area (Å²) in [5.41, 5.74) is 1.22. The van der Waals surface area contributed by atoms with Crippen LogP contribution in [0.2, 0.25) is 0 Å². The van der Waals surface area contributed by atoms with Gasteiger partial charge in [0.05, 0.1) is 19.1 Å². The maximum atomic E-state index is 5.34. The lowest BCUT2D eigenvalue weighted by atomic mass is 10.1. The molecule has 0 aliphatic heterocycles. The van der Waals surface area contributed by atoms with Crippen LogP contribution in [-0.4, -0.2) is 25.7 Å². The van der Waals surface area contributed by atoms with Crippen molar-refractivity contribution in [1.29, 1.82) is 0 Å². The van der Waals surface area contributed by atoms with Crippen LogP contribution in [-0.2, 0) is 13.0 Å². The van der Waals surface area contributed by atoms with Gasteiger partial charge in [0.2, 0.25) is 0 Å². The van der Waals surface area contributed by atoms with Crippen LogP contribution in [0.4, 0.5) is 0 Å². The molecule has 0 aliphatic carbocycles. The summed E-state index contributed by atoms with van der Waals surface area (Å²) >= 11 is 3.50. The number of ether oxygens (including phenoxy) is 2. The van der Waals surface area contributed by atoms with Crippen LogP contribution in [0.5, 0.6) is 11.5 Å². The normalized spacial score (nSPS) is 10.8. The first-order chi connectivity index (χ1) is 11.8. The third-order valence-corrected chi connectivity index (χ3v) is 5.70. The highest BCUT2D eigenvalue weighted by molar-refractivity contribution is 7.21. The Hall–Kier alpha value is -1.89. The molecule has 1 N–H and O–H groups in total. The zero-order valence-electron chi connectivity index (χ0n) is 13.7. The van der Waals surface area contributed by atoms with E-state index in [1.54, 1.807) is 36.9 Å². The monoisotopic (exact) mass is 360 g/mol. The highest BCUT2D eigenvalue weighted by Gasteiger charge is 2.06. The molecule has 0 fully saturated rings. The van der Waals surface area contributed by atoms with Crippen LogP contribution in [0.15, 0.2) is 41.9 Å². The van der Waals surface area contributed by atoms with E-state index in [-0.39, 0.29) is 0 Å². The smallest absolute Gasteiger partial charge is 0.160 e. The number of aromatic nitrogens is 1. The summed E-state index contributed by atoms with van der Waals surface area (Å²) in [4.78, 5) is 7.01. The Kier molecular flexibility index (Phi) is 5.85. The van der Waals surface area contributed by atoms with E-state index in [1.165, 1.54) is 15.3 Å². The lowest BCUT2D eigenvalue weighted by Crippen LogP contribution is -2.16. The zero-order valence-corrected chi connectivity index (χ0v) is 15.4. The fraction of sp³-hybridized carbons (Fsp3) is 0.278. The van der Waals surface area contributed by atoms with E-state index in [2.05, 4.69) is 33.9 Å². The molecule has 0 bridgehead atoms. The van der Waals surface area contributed by atoms with Crippen molar-refractivity contribution in [1.82, 2.24) is 10.3 Å². The van der Waals surface area contributed by atoms with Gasteiger partial charge in [-0.25, -0.2) is 4.98 Å². The summed E-state index contributed by atoms with van der Waals surface area (Å²) in [7, 11) is 3.31. The summed E-state index contributed by atoms with van der Waals surface area (Å²) in [5, 5.41) is 6.66. The molecule has 0 aliphatic rings. The summed E-state index contributed by atoms with van der Waals surface area (Å²) < 4.78 is 10.6. The molecule has 3 aromatic rings. The van der Waals surface area contributed by atoms with Crippen molar-refractivity contribution in [3.05, 3.63) is 52.5 Å². The first-order valence-corrected chi connectivity index (χ1v) is 9.40. The summed E-state index contributed by atoms with van der Waals surface area (Å²) in [6.07, 6.45) is 2.89. The Morgan fingerprint density at radius 1 is 1.08 bits per heavy atom. The van der Waals surface area contributed by atoms with E-state index >= 15 is 0 Å². The van der Waals surface area contributed by atoms with Crippen molar-refractivity contribution in [2.24, 2.45) is 0 Å². The molecular weight excluding hydrogens is 340 g/mol. The number of methoxy groups -OCH3 is 2. The molecule has 24 heavy (non-hydrogen) atoms. The Labute approximate surface area is 150 Å². The molecule has 0 atom stereocenters. The minimum absolute atomic E-state index is 0.762. The van der Waals surface area contributed by atoms with Crippen molar-refractivity contribution in [3.8, 4) is 21.3 Å². The predicted molar refractivity (Wildman–Crippen MR) is 100 cm³/mol. The molecule has 0 saturated heterocycles. The van der Waals surface area contributed by atoms with Gasteiger partial charge in [-0.3, -0.25) is 0 Å². The number of thiazole rings is 1. The first kappa shape index (κ1) is 17.0. The van der Waals surface area contributed by atoms with Crippen LogP contribution < -0.4 is 14.8 Å². The SMILES string of the molecule is COc1ccc(CCNCc2ncc(-c3cccs3)s2)cc1OC. The van der Waals surface area contributed by atoms with Crippen LogP contribution in [0, 0.1) is 0 Å². The molecule has 1 aromatic carbocycles. The van der Waals surface area contributed by atoms with Crippen molar-refractivity contribution in [2.45, 2.75) is 13.0 Å². The number of hydrogen-bond donors (Lipinski definition) is 1. The van der Waals surface area contributed by atoms with E-state index in [0.717, 1.165) is 36.0 Å². The molecule has 2 aromatic heterocycles. The number of hydrogen-bond acceptors (Lipinski definition) is 6. The molecular formula is C18H20N2O2S2. The zero-order chi connectivity index (χ0) is 16.8. The largest absolute Gasteiger partial charge is 0.493 e. The quantitative estimate of drug-likeness (QED) is 0.611. The fourth-order valence-corrected chi connectivity index (χ4v) is 4.10. The maximum absolute atomic E-state index is 5.34. The molecule has 0 amide bonds. The Bertz CT molecular complexity index is 769. The second-order valence-corrected chi connectivity index (χ2v) is 7.27. The average Bonchev–Trinajstić information content (AvgIpc) is 3.29. The predicted octanol–water partition coefficient (Wildman–Crippen LogP) is 4.22. The number of nitrogens with one attached hydrogen (secondary N) is 1. The molecule has 126 valence electrons. The number of benzene rings is 1. The van der Waals surface area contributed by atoms with E-state index in [9.17, 15) is 0 Å². The second kappa shape index (κ2) is 8.28. The summed E-state index contributed by atoms with van der Waals surface area (Å²) in [6.45, 7) is 1.69. The summed E-state index contributed by atoms with van der Waals surface area (Å²) in [6, 6.07) is 10.2. The molecule has 0 radical (unpaired) electrons. The van der Waals surface area contributed by atoms with E-state index in [4.69, 9.17) is 9.47 Å². The van der Waals surface area contributed by atoms with E-state index in [1.807, 2.05) is 18.3 Å². The molecule has 6 heteroatoms. The van der Waals surface area contributed by atoms with Gasteiger partial charge in [-0.15, -0.1) is 22.7 Å². The number of rotatable bonds is 8. The lowest BCUT2D eigenvalue weighted by Gasteiger charge is -2.09. The molecule has 0 unspecified atom stereocenters. The average molecular weight is 361 g/mol. The van der Waals surface area contributed by atoms with Crippen LogP contribution in [0.25, 0.3) is 9.75 Å². The van der Waals surface area contributed by atoms with Gasteiger partial charge >= 0.3 is 0 Å². The van der Waals surface area contributed by atoms with E-state index in [0.29, 0.717) is 0 Å². The minimum Gasteiger partial charge on any atom is -0.493 e. The van der Waals surface area contributed by atoms with Crippen LogP contribution >= 0.6 is 22.7 Å². The standard InChI is InChI=1S/C18H20N2O2S2/c1-21-14-6-5-13(10-15(14)22-2)7-8-19-12-18-20-11-17(24-18)16-4-3-9-23-16/h3-6,9-11,19H,7-8,12H2,1-2H3. The van der Waals surface area contributed by atoms with Gasteiger partial charge < -0.3 is 14.8 Å². The van der Waals surface area contributed by atoms with Gasteiger partial charge in [0.25, 0.3) is 0 Å². The highest BCUT2D eigenvalue weighted by atomic mass is 32.1. The van der Waals surface area contributed by atoms with Gasteiger partial charge in [0, 0.05) is 17.6 Å². The van der Waals surface area contributed by atoms with Crippen molar-refractivity contribution in [3.63, 3.8) is 0 Å². The molecule has 2 heterocycles. The van der Waals surface area contributed by atoms with Crippen LogP contribution in [0.1, 0.15) is 10.6 Å². The lowest BCUT2D eigenvalue weighted by molar-refractivity contribution is 0.354. The Balaban J connectivity index is 1.49. The van der Waals surface area contributed by atoms with Gasteiger partial charge in [-0.1, -0.05) is 12.1 Å².